The van der Waals surface area contributed by atoms with Gasteiger partial charge in [-0.25, -0.2) is 9.18 Å². The molecule has 138 valence electrons. The normalized spacial score (nSPS) is 16.9. The van der Waals surface area contributed by atoms with Crippen LogP contribution in [0.25, 0.3) is 0 Å². The van der Waals surface area contributed by atoms with Crippen LogP contribution in [-0.4, -0.2) is 36.9 Å². The van der Waals surface area contributed by atoms with Crippen molar-refractivity contribution in [3.05, 3.63) is 42.2 Å². The largest absolute Gasteiger partial charge is 0.480 e. The first kappa shape index (κ1) is 19.4. The molecule has 0 radical (unpaired) electrons. The number of hydrogen-bond donors (Lipinski definition) is 1. The number of halogens is 1. The molecule has 0 aliphatic heterocycles. The molecule has 0 atom stereocenters. The van der Waals surface area contributed by atoms with Crippen molar-refractivity contribution in [2.45, 2.75) is 37.7 Å². The van der Waals surface area contributed by atoms with Gasteiger partial charge in [0.05, 0.1) is 5.56 Å². The van der Waals surface area contributed by atoms with Gasteiger partial charge < -0.3 is 9.47 Å². The molecule has 1 aromatic rings. The number of esters is 1. The fraction of sp³-hybridized carbons (Fsp3) is 0.471. The van der Waals surface area contributed by atoms with E-state index in [9.17, 15) is 17.6 Å². The van der Waals surface area contributed by atoms with Gasteiger partial charge in [0.1, 0.15) is 18.0 Å². The van der Waals surface area contributed by atoms with Crippen LogP contribution in [0.15, 0.2) is 30.9 Å². The summed E-state index contributed by atoms with van der Waals surface area (Å²) in [4.78, 5) is 11.9. The Morgan fingerprint density at radius 2 is 2.00 bits per heavy atom. The number of carbonyl (C=O) groups excluding carboxylic acids is 1. The summed E-state index contributed by atoms with van der Waals surface area (Å²) in [5.74, 6) is -2.22. The van der Waals surface area contributed by atoms with Crippen molar-refractivity contribution >= 4 is 16.1 Å². The third-order valence-corrected chi connectivity index (χ3v) is 4.81. The molecule has 6 nitrogen and oxygen atoms in total. The zero-order valence-electron chi connectivity index (χ0n) is 13.7. The van der Waals surface area contributed by atoms with Gasteiger partial charge in [0, 0.05) is 0 Å². The van der Waals surface area contributed by atoms with Gasteiger partial charge in [-0.1, -0.05) is 13.0 Å². The molecular weight excluding hydrogens is 351 g/mol. The van der Waals surface area contributed by atoms with Crippen LogP contribution in [0.2, 0.25) is 0 Å². The van der Waals surface area contributed by atoms with E-state index >= 15 is 0 Å². The van der Waals surface area contributed by atoms with Crippen LogP contribution in [0.3, 0.4) is 0 Å². The van der Waals surface area contributed by atoms with Crippen molar-refractivity contribution in [1.29, 1.82) is 0 Å². The molecule has 0 aromatic heterocycles. The highest BCUT2D eigenvalue weighted by atomic mass is 32.2. The van der Waals surface area contributed by atoms with Crippen molar-refractivity contribution in [3.8, 4) is 5.75 Å². The maximum absolute atomic E-state index is 14.1. The summed E-state index contributed by atoms with van der Waals surface area (Å²) in [6.07, 6.45) is 6.10. The first-order valence-corrected chi connectivity index (χ1v) is 9.60. The predicted molar refractivity (Wildman–Crippen MR) is 89.7 cm³/mol. The molecule has 0 unspecified atom stereocenters. The molecule has 1 fully saturated rings. The van der Waals surface area contributed by atoms with Gasteiger partial charge in [0.25, 0.3) is 10.1 Å². The Hall–Kier alpha value is -1.93. The summed E-state index contributed by atoms with van der Waals surface area (Å²) in [6, 6.07) is 3.54. The van der Waals surface area contributed by atoms with E-state index in [1.807, 2.05) is 0 Å². The molecule has 1 aromatic carbocycles. The lowest BCUT2D eigenvalue weighted by atomic mass is 9.84. The van der Waals surface area contributed by atoms with E-state index in [4.69, 9.17) is 14.0 Å². The molecule has 25 heavy (non-hydrogen) atoms. The second-order valence-electron chi connectivity index (χ2n) is 6.00. The number of hydrogen-bond acceptors (Lipinski definition) is 5. The van der Waals surface area contributed by atoms with E-state index in [0.717, 1.165) is 38.2 Å². The van der Waals surface area contributed by atoms with Gasteiger partial charge in [-0.15, -0.1) is 0 Å². The fourth-order valence-corrected chi connectivity index (χ4v) is 3.04. The number of ether oxygens (including phenoxy) is 2. The van der Waals surface area contributed by atoms with Gasteiger partial charge in [-0.05, 0) is 50.0 Å². The van der Waals surface area contributed by atoms with Crippen LogP contribution < -0.4 is 4.74 Å². The van der Waals surface area contributed by atoms with Crippen molar-refractivity contribution in [3.63, 3.8) is 0 Å². The van der Waals surface area contributed by atoms with Gasteiger partial charge in [-0.2, -0.15) is 8.42 Å². The van der Waals surface area contributed by atoms with E-state index in [2.05, 4.69) is 6.58 Å². The van der Waals surface area contributed by atoms with Crippen LogP contribution in [-0.2, 0) is 14.9 Å². The molecular formula is C17H21FO6S. The van der Waals surface area contributed by atoms with Crippen LogP contribution in [0.5, 0.6) is 5.75 Å². The number of carbonyl (C=O) groups is 1. The molecule has 1 saturated carbocycles. The minimum absolute atomic E-state index is 0.0294. The topological polar surface area (TPSA) is 89.9 Å². The molecule has 1 aliphatic carbocycles. The summed E-state index contributed by atoms with van der Waals surface area (Å²) in [6.45, 7) is 3.29. The molecule has 1 N–H and O–H groups in total. The molecule has 2 rings (SSSR count). The summed E-state index contributed by atoms with van der Waals surface area (Å²) < 4.78 is 54.5. The minimum atomic E-state index is -4.22. The lowest BCUT2D eigenvalue weighted by molar-refractivity contribution is 0.0522. The SMILES string of the molecule is C=CC1(Oc2cc(C(=O)OCCS(=O)(=O)O)ccc2F)CCCCC1. The third-order valence-electron chi connectivity index (χ3n) is 4.13. The van der Waals surface area contributed by atoms with Crippen molar-refractivity contribution in [2.75, 3.05) is 12.4 Å². The summed E-state index contributed by atoms with van der Waals surface area (Å²) in [7, 11) is -4.22. The first-order chi connectivity index (χ1) is 11.7. The zero-order chi connectivity index (χ0) is 18.5. The Balaban J connectivity index is 2.11. The highest BCUT2D eigenvalue weighted by Crippen LogP contribution is 2.35. The Bertz CT molecular complexity index is 738. The maximum Gasteiger partial charge on any atom is 0.338 e. The molecule has 1 aliphatic rings. The average molecular weight is 372 g/mol. The Morgan fingerprint density at radius 3 is 2.60 bits per heavy atom. The van der Waals surface area contributed by atoms with Gasteiger partial charge in [0.2, 0.25) is 0 Å². The van der Waals surface area contributed by atoms with Crippen molar-refractivity contribution in [1.82, 2.24) is 0 Å². The van der Waals surface area contributed by atoms with E-state index in [1.165, 1.54) is 12.1 Å². The Kier molecular flexibility index (Phi) is 6.18. The van der Waals surface area contributed by atoms with Crippen LogP contribution >= 0.6 is 0 Å². The Morgan fingerprint density at radius 1 is 1.32 bits per heavy atom. The quantitative estimate of drug-likeness (QED) is 0.449. The van der Waals surface area contributed by atoms with E-state index < -0.39 is 39.9 Å². The van der Waals surface area contributed by atoms with E-state index in [0.29, 0.717) is 0 Å². The summed E-state index contributed by atoms with van der Waals surface area (Å²) >= 11 is 0. The highest BCUT2D eigenvalue weighted by molar-refractivity contribution is 7.85. The molecule has 0 spiro atoms. The van der Waals surface area contributed by atoms with Crippen molar-refractivity contribution in [2.24, 2.45) is 0 Å². The van der Waals surface area contributed by atoms with Gasteiger partial charge in [0.15, 0.2) is 11.6 Å². The number of benzene rings is 1. The smallest absolute Gasteiger partial charge is 0.338 e. The maximum atomic E-state index is 14.1. The van der Waals surface area contributed by atoms with Gasteiger partial charge >= 0.3 is 5.97 Å². The summed E-state index contributed by atoms with van der Waals surface area (Å²) in [5, 5.41) is 0. The van der Waals surface area contributed by atoms with Crippen molar-refractivity contribution < 1.29 is 31.6 Å². The molecule has 0 saturated heterocycles. The predicted octanol–water partition coefficient (Wildman–Crippen LogP) is 3.14. The molecule has 0 bridgehead atoms. The van der Waals surface area contributed by atoms with Crippen LogP contribution in [0.1, 0.15) is 42.5 Å². The second-order valence-corrected chi connectivity index (χ2v) is 7.57. The highest BCUT2D eigenvalue weighted by Gasteiger charge is 2.32. The number of rotatable bonds is 7. The molecule has 0 amide bonds. The fourth-order valence-electron chi connectivity index (χ4n) is 2.75. The summed E-state index contributed by atoms with van der Waals surface area (Å²) in [5.41, 5.74) is -0.631. The van der Waals surface area contributed by atoms with E-state index in [1.54, 1.807) is 6.08 Å². The monoisotopic (exact) mass is 372 g/mol. The lowest BCUT2D eigenvalue weighted by Gasteiger charge is -2.35. The van der Waals surface area contributed by atoms with Crippen LogP contribution in [0, 0.1) is 5.82 Å². The molecule has 8 heteroatoms. The third kappa shape index (κ3) is 5.54. The average Bonchev–Trinajstić information content (AvgIpc) is 2.56. The van der Waals surface area contributed by atoms with E-state index in [-0.39, 0.29) is 11.3 Å². The first-order valence-electron chi connectivity index (χ1n) is 7.99. The zero-order valence-corrected chi connectivity index (χ0v) is 14.6. The standard InChI is InChI=1S/C17H21FO6S/c1-2-17(8-4-3-5-9-17)24-15-12-13(6-7-14(15)18)16(19)23-10-11-25(20,21)22/h2,6-7,12H,1,3-5,8-11H2,(H,20,21,22). The van der Waals surface area contributed by atoms with Gasteiger partial charge in [-0.3, -0.25) is 4.55 Å². The minimum Gasteiger partial charge on any atom is -0.480 e. The lowest BCUT2D eigenvalue weighted by Crippen LogP contribution is -2.36. The van der Waals surface area contributed by atoms with Crippen LogP contribution in [0.4, 0.5) is 4.39 Å². The Labute approximate surface area is 146 Å². The second kappa shape index (κ2) is 7.97. The molecule has 0 heterocycles.